The van der Waals surface area contributed by atoms with Crippen molar-refractivity contribution >= 4 is 11.9 Å². The van der Waals surface area contributed by atoms with Crippen LogP contribution in [0, 0.1) is 6.92 Å². The molecule has 6 nitrogen and oxygen atoms in total. The highest BCUT2D eigenvalue weighted by Crippen LogP contribution is 2.22. The van der Waals surface area contributed by atoms with Crippen molar-refractivity contribution in [3.8, 4) is 0 Å². The monoisotopic (exact) mass is 332 g/mol. The zero-order chi connectivity index (χ0) is 17.9. The van der Waals surface area contributed by atoms with Crippen molar-refractivity contribution in [2.75, 3.05) is 54.4 Å². The first-order valence-corrected chi connectivity index (χ1v) is 8.29. The van der Waals surface area contributed by atoms with Gasteiger partial charge in [0.05, 0.1) is 0 Å². The quantitative estimate of drug-likeness (QED) is 0.841. The molecule has 0 aromatic heterocycles. The van der Waals surface area contributed by atoms with Crippen LogP contribution in [-0.2, 0) is 4.79 Å². The Morgan fingerprint density at radius 1 is 1.00 bits per heavy atom. The lowest BCUT2D eigenvalue weighted by atomic mass is 10.0. The van der Waals surface area contributed by atoms with Crippen molar-refractivity contribution in [2.45, 2.75) is 13.0 Å². The van der Waals surface area contributed by atoms with Gasteiger partial charge in [0.15, 0.2) is 0 Å². The van der Waals surface area contributed by atoms with Gasteiger partial charge in [0.25, 0.3) is 0 Å². The number of hydrogen-bond acceptors (Lipinski definition) is 3. The van der Waals surface area contributed by atoms with Gasteiger partial charge < -0.3 is 14.7 Å². The molecule has 3 amide bonds. The Kier molecular flexibility index (Phi) is 5.83. The van der Waals surface area contributed by atoms with E-state index >= 15 is 0 Å². The van der Waals surface area contributed by atoms with Crippen molar-refractivity contribution in [3.05, 3.63) is 35.4 Å². The van der Waals surface area contributed by atoms with Crippen LogP contribution in [0.3, 0.4) is 0 Å². The minimum atomic E-state index is -0.291. The predicted octanol–water partition coefficient (Wildman–Crippen LogP) is 1.42. The molecule has 1 fully saturated rings. The molecule has 2 rings (SSSR count). The molecule has 0 saturated carbocycles. The predicted molar refractivity (Wildman–Crippen MR) is 94.8 cm³/mol. The third-order valence-corrected chi connectivity index (χ3v) is 4.35. The number of benzene rings is 1. The SMILES string of the molecule is Cc1cccc([C@H](C(=O)N2CCN(C(=O)N(C)C)CC2)N(C)C)c1. The van der Waals surface area contributed by atoms with E-state index in [0.29, 0.717) is 26.2 Å². The van der Waals surface area contributed by atoms with Crippen molar-refractivity contribution in [1.29, 1.82) is 0 Å². The molecule has 1 aromatic rings. The molecule has 6 heteroatoms. The lowest BCUT2D eigenvalue weighted by Crippen LogP contribution is -2.54. The molecule has 0 radical (unpaired) electrons. The smallest absolute Gasteiger partial charge is 0.319 e. The largest absolute Gasteiger partial charge is 0.337 e. The molecule has 1 atom stereocenters. The molecule has 1 aliphatic rings. The van der Waals surface area contributed by atoms with Crippen LogP contribution >= 0.6 is 0 Å². The molecule has 1 saturated heterocycles. The number of nitrogens with zero attached hydrogens (tertiary/aromatic N) is 4. The number of rotatable bonds is 3. The van der Waals surface area contributed by atoms with E-state index in [-0.39, 0.29) is 18.0 Å². The Labute approximate surface area is 144 Å². The van der Waals surface area contributed by atoms with E-state index in [1.54, 1.807) is 23.9 Å². The lowest BCUT2D eigenvalue weighted by Gasteiger charge is -2.38. The van der Waals surface area contributed by atoms with Gasteiger partial charge in [-0.05, 0) is 26.6 Å². The highest BCUT2D eigenvalue weighted by molar-refractivity contribution is 5.84. The fraction of sp³-hybridized carbons (Fsp3) is 0.556. The summed E-state index contributed by atoms with van der Waals surface area (Å²) in [6.45, 7) is 4.35. The number of hydrogen-bond donors (Lipinski definition) is 0. The van der Waals surface area contributed by atoms with E-state index in [2.05, 4.69) is 6.07 Å². The van der Waals surface area contributed by atoms with Gasteiger partial charge in [0.2, 0.25) is 5.91 Å². The van der Waals surface area contributed by atoms with Gasteiger partial charge in [-0.1, -0.05) is 29.8 Å². The second-order valence-corrected chi connectivity index (χ2v) is 6.77. The normalized spacial score (nSPS) is 16.2. The standard InChI is InChI=1S/C18H28N4O2/c1-14-7-6-8-15(13-14)16(19(2)3)17(23)21-9-11-22(12-10-21)18(24)20(4)5/h6-8,13,16H,9-12H2,1-5H3/t16-/m1/s1. The number of amides is 3. The fourth-order valence-corrected chi connectivity index (χ4v) is 3.08. The molecule has 1 aliphatic heterocycles. The first-order valence-electron chi connectivity index (χ1n) is 8.29. The van der Waals surface area contributed by atoms with Gasteiger partial charge in [-0.2, -0.15) is 0 Å². The van der Waals surface area contributed by atoms with E-state index in [9.17, 15) is 9.59 Å². The second kappa shape index (κ2) is 7.66. The van der Waals surface area contributed by atoms with Crippen LogP contribution in [0.1, 0.15) is 17.2 Å². The lowest BCUT2D eigenvalue weighted by molar-refractivity contribution is -0.137. The molecule has 1 heterocycles. The zero-order valence-corrected chi connectivity index (χ0v) is 15.3. The van der Waals surface area contributed by atoms with Crippen LogP contribution in [0.15, 0.2) is 24.3 Å². The van der Waals surface area contributed by atoms with Gasteiger partial charge in [-0.15, -0.1) is 0 Å². The first kappa shape index (κ1) is 18.3. The third kappa shape index (κ3) is 4.06. The van der Waals surface area contributed by atoms with Crippen molar-refractivity contribution < 1.29 is 9.59 Å². The summed E-state index contributed by atoms with van der Waals surface area (Å²) < 4.78 is 0. The molecule has 0 spiro atoms. The van der Waals surface area contributed by atoms with E-state index in [0.717, 1.165) is 11.1 Å². The van der Waals surface area contributed by atoms with E-state index < -0.39 is 0 Å². The zero-order valence-electron chi connectivity index (χ0n) is 15.3. The maximum atomic E-state index is 13.0. The highest BCUT2D eigenvalue weighted by Gasteiger charge is 2.31. The number of likely N-dealkylation sites (N-methyl/N-ethyl adjacent to an activating group) is 1. The molecular formula is C18H28N4O2. The summed E-state index contributed by atoms with van der Waals surface area (Å²) in [4.78, 5) is 32.2. The Hall–Kier alpha value is -2.08. The minimum Gasteiger partial charge on any atom is -0.337 e. The Bertz CT molecular complexity index is 592. The number of urea groups is 1. The summed E-state index contributed by atoms with van der Waals surface area (Å²) in [5.41, 5.74) is 2.16. The molecule has 132 valence electrons. The van der Waals surface area contributed by atoms with Gasteiger partial charge in [0.1, 0.15) is 6.04 Å². The maximum absolute atomic E-state index is 13.0. The number of carbonyl (C=O) groups is 2. The number of carbonyl (C=O) groups excluding carboxylic acids is 2. The first-order chi connectivity index (χ1) is 11.3. The highest BCUT2D eigenvalue weighted by atomic mass is 16.2. The van der Waals surface area contributed by atoms with Gasteiger partial charge in [-0.3, -0.25) is 9.69 Å². The third-order valence-electron chi connectivity index (χ3n) is 4.35. The van der Waals surface area contributed by atoms with Crippen molar-refractivity contribution in [1.82, 2.24) is 19.6 Å². The molecular weight excluding hydrogens is 304 g/mol. The summed E-state index contributed by atoms with van der Waals surface area (Å²) >= 11 is 0. The molecule has 0 unspecified atom stereocenters. The molecule has 0 aliphatic carbocycles. The summed E-state index contributed by atoms with van der Waals surface area (Å²) in [7, 11) is 7.35. The average molecular weight is 332 g/mol. The van der Waals surface area contributed by atoms with Gasteiger partial charge in [0, 0.05) is 40.3 Å². The summed E-state index contributed by atoms with van der Waals surface area (Å²) in [6.07, 6.45) is 0. The second-order valence-electron chi connectivity index (χ2n) is 6.77. The molecule has 0 N–H and O–H groups in total. The number of piperazine rings is 1. The Morgan fingerprint density at radius 3 is 2.08 bits per heavy atom. The fourth-order valence-electron chi connectivity index (χ4n) is 3.08. The van der Waals surface area contributed by atoms with E-state index in [4.69, 9.17) is 0 Å². The van der Waals surface area contributed by atoms with Gasteiger partial charge in [-0.25, -0.2) is 4.79 Å². The average Bonchev–Trinajstić information content (AvgIpc) is 2.54. The molecule has 24 heavy (non-hydrogen) atoms. The van der Waals surface area contributed by atoms with E-state index in [1.807, 2.05) is 49.0 Å². The number of aryl methyl sites for hydroxylation is 1. The summed E-state index contributed by atoms with van der Waals surface area (Å²) in [5.74, 6) is 0.0996. The van der Waals surface area contributed by atoms with Crippen molar-refractivity contribution in [2.24, 2.45) is 0 Å². The van der Waals surface area contributed by atoms with Crippen LogP contribution in [0.4, 0.5) is 4.79 Å². The van der Waals surface area contributed by atoms with Gasteiger partial charge >= 0.3 is 6.03 Å². The van der Waals surface area contributed by atoms with E-state index in [1.165, 1.54) is 0 Å². The van der Waals surface area contributed by atoms with Crippen LogP contribution < -0.4 is 0 Å². The summed E-state index contributed by atoms with van der Waals surface area (Å²) in [6, 6.07) is 7.80. The molecule has 0 bridgehead atoms. The Balaban J connectivity index is 2.08. The minimum absolute atomic E-state index is 0.00458. The molecule has 1 aromatic carbocycles. The maximum Gasteiger partial charge on any atom is 0.319 e. The van der Waals surface area contributed by atoms with Crippen LogP contribution in [0.5, 0.6) is 0 Å². The van der Waals surface area contributed by atoms with Crippen LogP contribution in [0.25, 0.3) is 0 Å². The van der Waals surface area contributed by atoms with Crippen LogP contribution in [-0.4, -0.2) is 85.9 Å². The Morgan fingerprint density at radius 2 is 1.58 bits per heavy atom. The topological polar surface area (TPSA) is 47.1 Å². The summed E-state index contributed by atoms with van der Waals surface area (Å²) in [5, 5.41) is 0. The van der Waals surface area contributed by atoms with Crippen molar-refractivity contribution in [3.63, 3.8) is 0 Å². The van der Waals surface area contributed by atoms with Crippen LogP contribution in [0.2, 0.25) is 0 Å².